The number of nitrogens with zero attached hydrogens (tertiary/aromatic N) is 1. The van der Waals surface area contributed by atoms with Crippen LogP contribution in [0.5, 0.6) is 5.75 Å². The minimum absolute atomic E-state index is 0.250. The van der Waals surface area contributed by atoms with Crippen molar-refractivity contribution in [3.05, 3.63) is 78.4 Å². The maximum atomic E-state index is 8.86. The summed E-state index contributed by atoms with van der Waals surface area (Å²) in [6.45, 7) is 2.41. The lowest BCUT2D eigenvalue weighted by Crippen LogP contribution is -1.90. The maximum Gasteiger partial charge on any atom is 0.290 e. The van der Waals surface area contributed by atoms with Gasteiger partial charge in [0.1, 0.15) is 5.75 Å². The smallest absolute Gasteiger partial charge is 0.290 e. The molecule has 0 atom stereocenters. The second-order valence-corrected chi connectivity index (χ2v) is 5.33. The molecule has 0 heterocycles. The zero-order valence-corrected chi connectivity index (χ0v) is 14.4. The van der Waals surface area contributed by atoms with Crippen molar-refractivity contribution in [3.8, 4) is 34.1 Å². The molecule has 3 rings (SSSR count). The number of ether oxygens (including phenoxy) is 1. The highest BCUT2D eigenvalue weighted by Gasteiger charge is 2.01. The molecule has 0 saturated heterocycles. The summed E-state index contributed by atoms with van der Waals surface area (Å²) in [7, 11) is 0. The van der Waals surface area contributed by atoms with Crippen LogP contribution >= 0.6 is 0 Å². The molecule has 1 N–H and O–H groups in total. The molecular formula is C22H19NO3. The van der Waals surface area contributed by atoms with E-state index in [1.54, 1.807) is 0 Å². The van der Waals surface area contributed by atoms with Gasteiger partial charge in [0.05, 0.1) is 18.2 Å². The van der Waals surface area contributed by atoms with Crippen LogP contribution in [0, 0.1) is 11.3 Å². The van der Waals surface area contributed by atoms with Crippen LogP contribution < -0.4 is 4.74 Å². The number of hydrogen-bond acceptors (Lipinski definition) is 3. The lowest BCUT2D eigenvalue weighted by atomic mass is 10.00. The highest BCUT2D eigenvalue weighted by Crippen LogP contribution is 2.26. The predicted octanol–water partition coefficient (Wildman–Crippen LogP) is 4.99. The first-order chi connectivity index (χ1) is 12.7. The van der Waals surface area contributed by atoms with Gasteiger partial charge in [-0.3, -0.25) is 4.79 Å². The van der Waals surface area contributed by atoms with Crippen LogP contribution in [-0.4, -0.2) is 18.2 Å². The Bertz CT molecular complexity index is 861. The van der Waals surface area contributed by atoms with Crippen molar-refractivity contribution in [1.82, 2.24) is 0 Å². The van der Waals surface area contributed by atoms with Gasteiger partial charge in [-0.2, -0.15) is 5.26 Å². The molecule has 0 unspecified atom stereocenters. The van der Waals surface area contributed by atoms with E-state index in [2.05, 4.69) is 42.5 Å². The van der Waals surface area contributed by atoms with Gasteiger partial charge in [0.15, 0.2) is 0 Å². The first-order valence-electron chi connectivity index (χ1n) is 8.13. The fourth-order valence-electron chi connectivity index (χ4n) is 2.50. The SMILES string of the molecule is CCOc1ccc(-c2ccc(-c3ccc(C#N)cc3)cc2)cc1.O=CO. The zero-order valence-electron chi connectivity index (χ0n) is 14.4. The molecule has 4 heteroatoms. The first-order valence-corrected chi connectivity index (χ1v) is 8.13. The van der Waals surface area contributed by atoms with Crippen LogP contribution in [0.3, 0.4) is 0 Å². The van der Waals surface area contributed by atoms with E-state index < -0.39 is 0 Å². The van der Waals surface area contributed by atoms with Crippen LogP contribution in [0.25, 0.3) is 22.3 Å². The Kier molecular flexibility index (Phi) is 6.96. The quantitative estimate of drug-likeness (QED) is 0.676. The van der Waals surface area contributed by atoms with E-state index >= 15 is 0 Å². The summed E-state index contributed by atoms with van der Waals surface area (Å²) in [6.07, 6.45) is 0. The van der Waals surface area contributed by atoms with Gasteiger partial charge < -0.3 is 9.84 Å². The third kappa shape index (κ3) is 4.96. The van der Waals surface area contributed by atoms with Crippen LogP contribution in [0.1, 0.15) is 12.5 Å². The normalized spacial score (nSPS) is 9.38. The van der Waals surface area contributed by atoms with Crippen molar-refractivity contribution in [2.75, 3.05) is 6.61 Å². The average Bonchev–Trinajstić information content (AvgIpc) is 2.70. The number of carbonyl (C=O) groups is 1. The molecule has 0 spiro atoms. The van der Waals surface area contributed by atoms with Crippen molar-refractivity contribution in [1.29, 1.82) is 5.26 Å². The number of benzene rings is 3. The molecule has 0 saturated carbocycles. The van der Waals surface area contributed by atoms with Crippen molar-refractivity contribution in [3.63, 3.8) is 0 Å². The van der Waals surface area contributed by atoms with Crippen molar-refractivity contribution in [2.24, 2.45) is 0 Å². The Morgan fingerprint density at radius 2 is 1.19 bits per heavy atom. The summed E-state index contributed by atoms with van der Waals surface area (Å²) in [4.78, 5) is 8.36. The summed E-state index contributed by atoms with van der Waals surface area (Å²) in [6, 6.07) is 26.3. The standard InChI is InChI=1S/C21H17NO.CH2O2/c1-2-23-21-13-11-20(12-14-21)19-9-7-18(8-10-19)17-5-3-16(15-22)4-6-17;2-1-3/h3-14H,2H2,1H3;1H,(H,2,3). The Morgan fingerprint density at radius 3 is 1.54 bits per heavy atom. The number of hydrogen-bond donors (Lipinski definition) is 1. The lowest BCUT2D eigenvalue weighted by Gasteiger charge is -2.07. The summed E-state index contributed by atoms with van der Waals surface area (Å²) >= 11 is 0. The molecule has 26 heavy (non-hydrogen) atoms. The molecule has 4 nitrogen and oxygen atoms in total. The summed E-state index contributed by atoms with van der Waals surface area (Å²) in [5.74, 6) is 0.894. The van der Waals surface area contributed by atoms with Crippen molar-refractivity contribution >= 4 is 6.47 Å². The molecule has 0 aliphatic carbocycles. The van der Waals surface area contributed by atoms with E-state index in [1.807, 2.05) is 43.3 Å². The summed E-state index contributed by atoms with van der Waals surface area (Å²) in [5.41, 5.74) is 5.27. The monoisotopic (exact) mass is 345 g/mol. The Hall–Kier alpha value is -3.58. The van der Waals surface area contributed by atoms with Gasteiger partial charge >= 0.3 is 0 Å². The van der Waals surface area contributed by atoms with Gasteiger partial charge in [-0.05, 0) is 53.4 Å². The fourth-order valence-corrected chi connectivity index (χ4v) is 2.50. The van der Waals surface area contributed by atoms with Gasteiger partial charge in [-0.1, -0.05) is 48.5 Å². The second-order valence-electron chi connectivity index (χ2n) is 5.33. The third-order valence-electron chi connectivity index (χ3n) is 3.73. The zero-order chi connectivity index (χ0) is 18.8. The first kappa shape index (κ1) is 18.8. The molecule has 3 aromatic rings. The molecule has 0 fully saturated rings. The molecule has 0 aliphatic heterocycles. The van der Waals surface area contributed by atoms with Gasteiger partial charge in [-0.25, -0.2) is 0 Å². The van der Waals surface area contributed by atoms with E-state index in [0.717, 1.165) is 16.9 Å². The predicted molar refractivity (Wildman–Crippen MR) is 102 cm³/mol. The van der Waals surface area contributed by atoms with Crippen molar-refractivity contribution in [2.45, 2.75) is 6.92 Å². The average molecular weight is 345 g/mol. The summed E-state index contributed by atoms with van der Waals surface area (Å²) in [5, 5.41) is 15.7. The van der Waals surface area contributed by atoms with Crippen LogP contribution in [0.4, 0.5) is 0 Å². The Balaban J connectivity index is 0.000000758. The highest BCUT2D eigenvalue weighted by atomic mass is 16.5. The van der Waals surface area contributed by atoms with E-state index in [0.29, 0.717) is 12.2 Å². The molecule has 0 aromatic heterocycles. The van der Waals surface area contributed by atoms with Crippen LogP contribution in [0.2, 0.25) is 0 Å². The number of nitriles is 1. The second kappa shape index (κ2) is 9.65. The molecule has 0 bridgehead atoms. The van der Waals surface area contributed by atoms with Gasteiger partial charge in [0.2, 0.25) is 0 Å². The van der Waals surface area contributed by atoms with E-state index in [9.17, 15) is 0 Å². The van der Waals surface area contributed by atoms with E-state index in [-0.39, 0.29) is 6.47 Å². The molecule has 0 amide bonds. The maximum absolute atomic E-state index is 8.86. The van der Waals surface area contributed by atoms with Gasteiger partial charge in [0.25, 0.3) is 6.47 Å². The minimum Gasteiger partial charge on any atom is -0.494 e. The van der Waals surface area contributed by atoms with Crippen LogP contribution in [0.15, 0.2) is 72.8 Å². The Morgan fingerprint density at radius 1 is 0.846 bits per heavy atom. The molecule has 0 aliphatic rings. The molecule has 0 radical (unpaired) electrons. The fraction of sp³-hybridized carbons (Fsp3) is 0.0909. The minimum atomic E-state index is -0.250. The van der Waals surface area contributed by atoms with Gasteiger partial charge in [-0.15, -0.1) is 0 Å². The molecular weight excluding hydrogens is 326 g/mol. The van der Waals surface area contributed by atoms with E-state index in [1.165, 1.54) is 11.1 Å². The van der Waals surface area contributed by atoms with E-state index in [4.69, 9.17) is 19.9 Å². The van der Waals surface area contributed by atoms with Crippen molar-refractivity contribution < 1.29 is 14.6 Å². The lowest BCUT2D eigenvalue weighted by molar-refractivity contribution is -0.122. The highest BCUT2D eigenvalue weighted by molar-refractivity contribution is 5.71. The topological polar surface area (TPSA) is 70.3 Å². The van der Waals surface area contributed by atoms with Gasteiger partial charge in [0, 0.05) is 0 Å². The number of rotatable bonds is 4. The molecule has 3 aromatic carbocycles. The largest absolute Gasteiger partial charge is 0.494 e. The summed E-state index contributed by atoms with van der Waals surface area (Å²) < 4.78 is 5.47. The third-order valence-corrected chi connectivity index (χ3v) is 3.73. The number of carboxylic acid groups (broad SMARTS) is 1. The molecule has 130 valence electrons. The van der Waals surface area contributed by atoms with Crippen LogP contribution in [-0.2, 0) is 4.79 Å². The Labute approximate surface area is 152 Å².